The van der Waals surface area contributed by atoms with E-state index in [1.54, 1.807) is 41.5 Å². The molecule has 0 aliphatic rings. The molecule has 3 rings (SSSR count). The third-order valence-electron chi connectivity index (χ3n) is 3.30. The van der Waals surface area contributed by atoms with Crippen molar-refractivity contribution < 1.29 is 18.0 Å². The Kier molecular flexibility index (Phi) is 4.50. The summed E-state index contributed by atoms with van der Waals surface area (Å²) in [5, 5.41) is 10.1. The fraction of sp³-hybridized carbons (Fsp3) is 0.200. The van der Waals surface area contributed by atoms with E-state index in [0.29, 0.717) is 5.82 Å². The van der Waals surface area contributed by atoms with Crippen LogP contribution in [0.4, 0.5) is 13.2 Å². The quantitative estimate of drug-likeness (QED) is 0.761. The molecule has 0 saturated carbocycles. The first-order valence-corrected chi connectivity index (χ1v) is 7.25. The fourth-order valence-electron chi connectivity index (χ4n) is 2.17. The number of amides is 1. The van der Waals surface area contributed by atoms with Gasteiger partial charge in [0.25, 0.3) is 0 Å². The molecule has 0 saturated heterocycles. The number of nitrogens with zero attached hydrogens (tertiary/aromatic N) is 5. The smallest absolute Gasteiger partial charge is 0.350 e. The third kappa shape index (κ3) is 4.03. The van der Waals surface area contributed by atoms with Gasteiger partial charge in [-0.2, -0.15) is 23.4 Å². The van der Waals surface area contributed by atoms with Crippen LogP contribution in [0.3, 0.4) is 0 Å². The zero-order valence-corrected chi connectivity index (χ0v) is 12.8. The first kappa shape index (κ1) is 16.7. The largest absolute Gasteiger partial charge is 0.435 e. The van der Waals surface area contributed by atoms with Crippen LogP contribution in [0.1, 0.15) is 11.3 Å². The van der Waals surface area contributed by atoms with E-state index in [4.69, 9.17) is 0 Å². The number of hydrogen-bond donors (Lipinski definition) is 1. The topological polar surface area (TPSA) is 77.6 Å². The molecule has 0 aliphatic heterocycles. The number of carbonyl (C=O) groups is 1. The van der Waals surface area contributed by atoms with Crippen LogP contribution in [-0.4, -0.2) is 30.5 Å². The van der Waals surface area contributed by atoms with Crippen molar-refractivity contribution in [3.63, 3.8) is 0 Å². The number of nitrogens with one attached hydrogen (secondary N) is 1. The molecule has 1 amide bonds. The molecule has 0 aromatic carbocycles. The van der Waals surface area contributed by atoms with Crippen molar-refractivity contribution in [3.8, 4) is 5.82 Å². The minimum absolute atomic E-state index is 0.162. The first-order chi connectivity index (χ1) is 11.9. The third-order valence-corrected chi connectivity index (χ3v) is 3.30. The van der Waals surface area contributed by atoms with Crippen LogP contribution in [0.2, 0.25) is 0 Å². The number of aromatic nitrogens is 5. The number of halogens is 3. The van der Waals surface area contributed by atoms with Gasteiger partial charge >= 0.3 is 6.18 Å². The molecule has 3 heterocycles. The van der Waals surface area contributed by atoms with Gasteiger partial charge in [0.2, 0.25) is 5.91 Å². The molecule has 3 aromatic rings. The molecular weight excluding hydrogens is 337 g/mol. The average Bonchev–Trinajstić information content (AvgIpc) is 3.24. The summed E-state index contributed by atoms with van der Waals surface area (Å²) in [6, 6.07) is 6.06. The lowest BCUT2D eigenvalue weighted by Crippen LogP contribution is -2.28. The normalized spacial score (nSPS) is 11.5. The Morgan fingerprint density at radius 1 is 1.16 bits per heavy atom. The fourth-order valence-corrected chi connectivity index (χ4v) is 2.17. The first-order valence-electron chi connectivity index (χ1n) is 7.25. The van der Waals surface area contributed by atoms with Crippen LogP contribution < -0.4 is 5.32 Å². The summed E-state index contributed by atoms with van der Waals surface area (Å²) < 4.78 is 40.0. The zero-order valence-electron chi connectivity index (χ0n) is 12.8. The van der Waals surface area contributed by atoms with Gasteiger partial charge in [0, 0.05) is 36.9 Å². The number of rotatable bonds is 5. The lowest BCUT2D eigenvalue weighted by molar-refractivity contribution is -0.141. The van der Waals surface area contributed by atoms with Gasteiger partial charge in [0.1, 0.15) is 6.54 Å². The molecule has 0 radical (unpaired) electrons. The molecule has 10 heteroatoms. The Labute approximate surface area is 140 Å². The second-order valence-corrected chi connectivity index (χ2v) is 5.11. The maximum absolute atomic E-state index is 12.5. The Morgan fingerprint density at radius 3 is 2.68 bits per heavy atom. The van der Waals surface area contributed by atoms with Crippen molar-refractivity contribution in [1.29, 1.82) is 0 Å². The van der Waals surface area contributed by atoms with E-state index in [0.717, 1.165) is 22.5 Å². The van der Waals surface area contributed by atoms with Crippen molar-refractivity contribution >= 4 is 5.91 Å². The van der Waals surface area contributed by atoms with Crippen LogP contribution in [0.5, 0.6) is 0 Å². The molecule has 130 valence electrons. The molecule has 0 unspecified atom stereocenters. The summed E-state index contributed by atoms with van der Waals surface area (Å²) in [6.45, 7) is -0.150. The minimum Gasteiger partial charge on any atom is -0.350 e. The Bertz CT molecular complexity index is 856. The molecule has 3 aromatic heterocycles. The van der Waals surface area contributed by atoms with Gasteiger partial charge in [0.15, 0.2) is 11.5 Å². The lowest BCUT2D eigenvalue weighted by Gasteiger charge is -2.10. The number of pyridine rings is 1. The Balaban J connectivity index is 1.63. The van der Waals surface area contributed by atoms with E-state index in [1.165, 1.54) is 0 Å². The highest BCUT2D eigenvalue weighted by atomic mass is 19.4. The van der Waals surface area contributed by atoms with Crippen molar-refractivity contribution in [1.82, 2.24) is 29.9 Å². The number of hydrogen-bond acceptors (Lipinski definition) is 4. The average molecular weight is 350 g/mol. The zero-order chi connectivity index (χ0) is 17.9. The summed E-state index contributed by atoms with van der Waals surface area (Å²) in [7, 11) is 0. The summed E-state index contributed by atoms with van der Waals surface area (Å²) in [6.07, 6.45) is 1.51. The second-order valence-electron chi connectivity index (χ2n) is 5.11. The van der Waals surface area contributed by atoms with Crippen LogP contribution in [-0.2, 0) is 24.1 Å². The SMILES string of the molecule is O=C(Cn1ccc(C(F)(F)F)n1)NCc1cccnc1-n1cccn1. The predicted octanol–water partition coefficient (Wildman–Crippen LogP) is 1.80. The van der Waals surface area contributed by atoms with Crippen LogP contribution in [0, 0.1) is 0 Å². The highest BCUT2D eigenvalue weighted by molar-refractivity contribution is 5.75. The molecule has 0 bridgehead atoms. The van der Waals surface area contributed by atoms with E-state index >= 15 is 0 Å². The molecule has 0 atom stereocenters. The van der Waals surface area contributed by atoms with E-state index < -0.39 is 17.8 Å². The van der Waals surface area contributed by atoms with E-state index in [1.807, 2.05) is 0 Å². The molecule has 0 spiro atoms. The van der Waals surface area contributed by atoms with Gasteiger partial charge in [-0.3, -0.25) is 9.48 Å². The minimum atomic E-state index is -4.53. The summed E-state index contributed by atoms with van der Waals surface area (Å²) >= 11 is 0. The Morgan fingerprint density at radius 2 is 2.00 bits per heavy atom. The van der Waals surface area contributed by atoms with Crippen LogP contribution >= 0.6 is 0 Å². The van der Waals surface area contributed by atoms with Crippen LogP contribution in [0.15, 0.2) is 49.1 Å². The molecule has 25 heavy (non-hydrogen) atoms. The number of alkyl halides is 3. The van der Waals surface area contributed by atoms with Crippen molar-refractivity contribution in [2.24, 2.45) is 0 Å². The Hall–Kier alpha value is -3.17. The van der Waals surface area contributed by atoms with Crippen molar-refractivity contribution in [2.75, 3.05) is 0 Å². The molecule has 0 aliphatic carbocycles. The molecule has 7 nitrogen and oxygen atoms in total. The van der Waals surface area contributed by atoms with Gasteiger partial charge in [-0.15, -0.1) is 0 Å². The molecule has 1 N–H and O–H groups in total. The second kappa shape index (κ2) is 6.75. The highest BCUT2D eigenvalue weighted by Crippen LogP contribution is 2.27. The van der Waals surface area contributed by atoms with Gasteiger partial charge in [-0.25, -0.2) is 9.67 Å². The van der Waals surface area contributed by atoms with E-state index in [2.05, 4.69) is 20.5 Å². The van der Waals surface area contributed by atoms with Crippen molar-refractivity contribution in [3.05, 3.63) is 60.3 Å². The standard InChI is InChI=1S/C15H13F3N6O/c16-15(17,18)12-4-8-23(22-12)10-13(25)20-9-11-3-1-5-19-14(11)24-7-2-6-21-24/h1-8H,9-10H2,(H,20,25). The maximum atomic E-state index is 12.5. The number of carbonyl (C=O) groups excluding carboxylic acids is 1. The summed E-state index contributed by atoms with van der Waals surface area (Å²) in [5.74, 6) is 0.0957. The van der Waals surface area contributed by atoms with Gasteiger partial charge in [0.05, 0.1) is 0 Å². The van der Waals surface area contributed by atoms with Crippen LogP contribution in [0.25, 0.3) is 5.82 Å². The van der Waals surface area contributed by atoms with Gasteiger partial charge in [-0.05, 0) is 18.2 Å². The lowest BCUT2D eigenvalue weighted by atomic mass is 10.2. The van der Waals surface area contributed by atoms with E-state index in [-0.39, 0.29) is 13.1 Å². The monoisotopic (exact) mass is 350 g/mol. The summed E-state index contributed by atoms with van der Waals surface area (Å²) in [4.78, 5) is 16.2. The van der Waals surface area contributed by atoms with Crippen molar-refractivity contribution in [2.45, 2.75) is 19.3 Å². The predicted molar refractivity (Wildman–Crippen MR) is 80.4 cm³/mol. The highest BCUT2D eigenvalue weighted by Gasteiger charge is 2.33. The van der Waals surface area contributed by atoms with Gasteiger partial charge in [-0.1, -0.05) is 6.07 Å². The maximum Gasteiger partial charge on any atom is 0.435 e. The summed E-state index contributed by atoms with van der Waals surface area (Å²) in [5.41, 5.74) is -0.315. The molecule has 0 fully saturated rings. The molecular formula is C15H13F3N6O. The van der Waals surface area contributed by atoms with E-state index in [9.17, 15) is 18.0 Å². The van der Waals surface area contributed by atoms with Gasteiger partial charge < -0.3 is 5.32 Å².